The fourth-order valence-corrected chi connectivity index (χ4v) is 1.23. The minimum absolute atomic E-state index is 0.307. The van der Waals surface area contributed by atoms with Gasteiger partial charge in [-0.25, -0.2) is 19.6 Å². The first-order valence-electron chi connectivity index (χ1n) is 4.43. The number of benzene rings is 1. The van der Waals surface area contributed by atoms with E-state index in [1.54, 1.807) is 0 Å². The van der Waals surface area contributed by atoms with Crippen LogP contribution < -0.4 is 0 Å². The van der Waals surface area contributed by atoms with Crippen molar-refractivity contribution in [1.29, 1.82) is 0 Å². The second kappa shape index (κ2) is 5.66. The molecular weight excluding hydrogens is 192 g/mol. The van der Waals surface area contributed by atoms with Crippen molar-refractivity contribution in [3.63, 3.8) is 0 Å². The molecule has 0 aliphatic rings. The Morgan fingerprint density at radius 1 is 1.13 bits per heavy atom. The Morgan fingerprint density at radius 2 is 1.80 bits per heavy atom. The smallest absolute Gasteiger partial charge is 0.211 e. The Morgan fingerprint density at radius 3 is 2.47 bits per heavy atom. The van der Waals surface area contributed by atoms with E-state index in [4.69, 9.17) is 0 Å². The topological polar surface area (TPSA) is 58.9 Å². The van der Waals surface area contributed by atoms with E-state index in [1.807, 2.05) is 25.1 Å². The molecule has 0 bridgehead atoms. The quantitative estimate of drug-likeness (QED) is 0.550. The molecule has 1 rings (SSSR count). The SMILES string of the molecule is Cc1ccc(CN=C=O)cc1CN=C=O. The van der Waals surface area contributed by atoms with Crippen LogP contribution in [0.4, 0.5) is 0 Å². The van der Waals surface area contributed by atoms with Crippen LogP contribution in [0.25, 0.3) is 0 Å². The normalized spacial score (nSPS) is 8.87. The van der Waals surface area contributed by atoms with Crippen LogP contribution in [-0.4, -0.2) is 12.2 Å². The number of rotatable bonds is 4. The highest BCUT2D eigenvalue weighted by atomic mass is 16.1. The summed E-state index contributed by atoms with van der Waals surface area (Å²) in [4.78, 5) is 26.9. The highest BCUT2D eigenvalue weighted by Gasteiger charge is 1.99. The molecule has 0 amide bonds. The number of carbonyl (C=O) groups excluding carboxylic acids is 2. The third-order valence-corrected chi connectivity index (χ3v) is 2.05. The molecule has 0 radical (unpaired) electrons. The fraction of sp³-hybridized carbons (Fsp3) is 0.273. The van der Waals surface area contributed by atoms with Crippen molar-refractivity contribution in [2.24, 2.45) is 9.98 Å². The van der Waals surface area contributed by atoms with Crippen LogP contribution in [0.1, 0.15) is 16.7 Å². The predicted molar refractivity (Wildman–Crippen MR) is 54.8 cm³/mol. The second-order valence-electron chi connectivity index (χ2n) is 3.08. The Labute approximate surface area is 87.4 Å². The molecular formula is C11H10N2O2. The standard InChI is InChI=1S/C11H10N2O2/c1-9-2-3-10(5-12-7-14)4-11(9)6-13-8-15/h2-4H,5-6H2,1H3. The molecule has 0 atom stereocenters. The monoisotopic (exact) mass is 202 g/mol. The van der Waals surface area contributed by atoms with Crippen LogP contribution in [0.15, 0.2) is 28.2 Å². The van der Waals surface area contributed by atoms with Crippen molar-refractivity contribution < 1.29 is 9.59 Å². The van der Waals surface area contributed by atoms with Crippen molar-refractivity contribution >= 4 is 12.2 Å². The summed E-state index contributed by atoms with van der Waals surface area (Å²) in [5, 5.41) is 0. The van der Waals surface area contributed by atoms with Gasteiger partial charge in [0.15, 0.2) is 0 Å². The summed E-state index contributed by atoms with van der Waals surface area (Å²) in [6, 6.07) is 5.66. The molecule has 0 unspecified atom stereocenters. The van der Waals surface area contributed by atoms with Gasteiger partial charge in [0, 0.05) is 0 Å². The largest absolute Gasteiger partial charge is 0.235 e. The van der Waals surface area contributed by atoms with Crippen LogP contribution in [0, 0.1) is 6.92 Å². The first-order chi connectivity index (χ1) is 7.27. The molecule has 0 N–H and O–H groups in total. The maximum atomic E-state index is 9.98. The average Bonchev–Trinajstić information content (AvgIpc) is 2.26. The first kappa shape index (κ1) is 11.1. The van der Waals surface area contributed by atoms with Gasteiger partial charge in [-0.15, -0.1) is 0 Å². The summed E-state index contributed by atoms with van der Waals surface area (Å²) >= 11 is 0. The van der Waals surface area contributed by atoms with Crippen LogP contribution in [0.2, 0.25) is 0 Å². The fourth-order valence-electron chi connectivity index (χ4n) is 1.23. The number of nitrogens with zero attached hydrogens (tertiary/aromatic N) is 2. The number of hydrogen-bond acceptors (Lipinski definition) is 4. The molecule has 0 heterocycles. The molecule has 0 saturated heterocycles. The second-order valence-corrected chi connectivity index (χ2v) is 3.08. The Bertz CT molecular complexity index is 442. The zero-order valence-electron chi connectivity index (χ0n) is 8.36. The molecule has 0 fully saturated rings. The van der Waals surface area contributed by atoms with Gasteiger partial charge in [-0.1, -0.05) is 18.2 Å². The predicted octanol–water partition coefficient (Wildman–Crippen LogP) is 1.67. The van der Waals surface area contributed by atoms with Crippen molar-refractivity contribution in [3.05, 3.63) is 34.9 Å². The van der Waals surface area contributed by atoms with Gasteiger partial charge in [0.2, 0.25) is 12.2 Å². The highest BCUT2D eigenvalue weighted by molar-refractivity contribution is 5.37. The van der Waals surface area contributed by atoms with E-state index in [0.29, 0.717) is 13.1 Å². The van der Waals surface area contributed by atoms with E-state index in [1.165, 1.54) is 12.2 Å². The molecule has 0 aliphatic heterocycles. The minimum atomic E-state index is 0.307. The zero-order chi connectivity index (χ0) is 11.1. The Kier molecular flexibility index (Phi) is 4.17. The average molecular weight is 202 g/mol. The lowest BCUT2D eigenvalue weighted by atomic mass is 10.1. The van der Waals surface area contributed by atoms with Crippen LogP contribution >= 0.6 is 0 Å². The van der Waals surface area contributed by atoms with E-state index in [-0.39, 0.29) is 0 Å². The molecule has 4 nitrogen and oxygen atoms in total. The van der Waals surface area contributed by atoms with Crippen LogP contribution in [0.3, 0.4) is 0 Å². The van der Waals surface area contributed by atoms with Crippen molar-refractivity contribution in [2.45, 2.75) is 20.0 Å². The van der Waals surface area contributed by atoms with Gasteiger partial charge in [0.05, 0.1) is 13.1 Å². The van der Waals surface area contributed by atoms with Crippen molar-refractivity contribution in [1.82, 2.24) is 0 Å². The number of aryl methyl sites for hydroxylation is 1. The lowest BCUT2D eigenvalue weighted by Crippen LogP contribution is -1.90. The van der Waals surface area contributed by atoms with E-state index >= 15 is 0 Å². The Balaban J connectivity index is 2.93. The van der Waals surface area contributed by atoms with Crippen molar-refractivity contribution in [3.8, 4) is 0 Å². The maximum Gasteiger partial charge on any atom is 0.235 e. The van der Waals surface area contributed by atoms with Gasteiger partial charge >= 0.3 is 0 Å². The maximum absolute atomic E-state index is 9.98. The van der Waals surface area contributed by atoms with Gasteiger partial charge in [-0.2, -0.15) is 0 Å². The number of aliphatic imine (C=N–C) groups is 2. The van der Waals surface area contributed by atoms with Gasteiger partial charge in [0.25, 0.3) is 0 Å². The summed E-state index contributed by atoms with van der Waals surface area (Å²) in [5.41, 5.74) is 2.89. The summed E-state index contributed by atoms with van der Waals surface area (Å²) in [6.45, 7) is 2.55. The van der Waals surface area contributed by atoms with Gasteiger partial charge in [-0.3, -0.25) is 0 Å². The molecule has 4 heteroatoms. The molecule has 0 aliphatic carbocycles. The van der Waals surface area contributed by atoms with Crippen LogP contribution in [-0.2, 0) is 22.7 Å². The van der Waals surface area contributed by atoms with E-state index in [9.17, 15) is 9.59 Å². The van der Waals surface area contributed by atoms with E-state index in [0.717, 1.165) is 16.7 Å². The summed E-state index contributed by atoms with van der Waals surface area (Å²) < 4.78 is 0. The summed E-state index contributed by atoms with van der Waals surface area (Å²) in [6.07, 6.45) is 2.98. The number of hydrogen-bond donors (Lipinski definition) is 0. The molecule has 1 aromatic rings. The zero-order valence-corrected chi connectivity index (χ0v) is 8.36. The summed E-state index contributed by atoms with van der Waals surface area (Å²) in [5.74, 6) is 0. The third-order valence-electron chi connectivity index (χ3n) is 2.05. The minimum Gasteiger partial charge on any atom is -0.211 e. The summed E-state index contributed by atoms with van der Waals surface area (Å²) in [7, 11) is 0. The molecule has 76 valence electrons. The third kappa shape index (κ3) is 3.31. The van der Waals surface area contributed by atoms with Crippen molar-refractivity contribution in [2.75, 3.05) is 0 Å². The highest BCUT2D eigenvalue weighted by Crippen LogP contribution is 2.12. The van der Waals surface area contributed by atoms with Crippen LogP contribution in [0.5, 0.6) is 0 Å². The first-order valence-corrected chi connectivity index (χ1v) is 4.43. The Hall–Kier alpha value is -2.02. The lowest BCUT2D eigenvalue weighted by molar-refractivity contribution is 0.562. The molecule has 0 spiro atoms. The molecule has 0 aromatic heterocycles. The lowest BCUT2D eigenvalue weighted by Gasteiger charge is -2.03. The molecule has 15 heavy (non-hydrogen) atoms. The van der Waals surface area contributed by atoms with E-state index in [2.05, 4.69) is 9.98 Å². The van der Waals surface area contributed by atoms with Gasteiger partial charge in [-0.05, 0) is 23.6 Å². The molecule has 1 aromatic carbocycles. The van der Waals surface area contributed by atoms with Gasteiger partial charge < -0.3 is 0 Å². The van der Waals surface area contributed by atoms with E-state index < -0.39 is 0 Å². The molecule has 0 saturated carbocycles. The number of isocyanates is 2. The van der Waals surface area contributed by atoms with Gasteiger partial charge in [0.1, 0.15) is 0 Å².